The second kappa shape index (κ2) is 14.0. The first-order valence-electron chi connectivity index (χ1n) is 14.4. The molecule has 1 fully saturated rings. The number of nitrogens with two attached hydrogens (primary N) is 1. The van der Waals surface area contributed by atoms with Gasteiger partial charge in [0.1, 0.15) is 17.4 Å². The molecule has 1 aliphatic carbocycles. The van der Waals surface area contributed by atoms with Crippen molar-refractivity contribution in [3.63, 3.8) is 0 Å². The molecule has 2 heterocycles. The molecule has 2 aromatic heterocycles. The quantitative estimate of drug-likeness (QED) is 0.0975. The predicted octanol–water partition coefficient (Wildman–Crippen LogP) is 6.42. The third-order valence-corrected chi connectivity index (χ3v) is 9.29. The number of carbonyl (C=O) groups is 1. The summed E-state index contributed by atoms with van der Waals surface area (Å²) >= 11 is 1.22. The number of hydrogen-bond donors (Lipinski definition) is 1. The molecule has 3 aromatic carbocycles. The highest BCUT2D eigenvalue weighted by Gasteiger charge is 2.30. The van der Waals surface area contributed by atoms with Gasteiger partial charge in [0.05, 0.1) is 25.1 Å². The first-order valence-corrected chi connectivity index (χ1v) is 16.6. The molecule has 1 atom stereocenters. The number of halogens is 2. The highest BCUT2D eigenvalue weighted by Crippen LogP contribution is 2.39. The third kappa shape index (κ3) is 6.92. The van der Waals surface area contributed by atoms with Gasteiger partial charge in [0.2, 0.25) is 5.13 Å². The van der Waals surface area contributed by atoms with Crippen molar-refractivity contribution in [1.82, 2.24) is 14.8 Å². The van der Waals surface area contributed by atoms with E-state index in [1.165, 1.54) is 23.5 Å². The highest BCUT2D eigenvalue weighted by molar-refractivity contribution is 7.82. The van der Waals surface area contributed by atoms with Gasteiger partial charge in [-0.3, -0.25) is 0 Å². The number of thiol groups is 1. The van der Waals surface area contributed by atoms with Crippen LogP contribution < -0.4 is 9.88 Å². The van der Waals surface area contributed by atoms with Crippen LogP contribution >= 0.6 is 11.3 Å². The van der Waals surface area contributed by atoms with Gasteiger partial charge >= 0.3 is 5.97 Å². The van der Waals surface area contributed by atoms with Crippen LogP contribution in [0, 0.1) is 17.6 Å². The number of methoxy groups -OCH3 is 1. The Labute approximate surface area is 270 Å². The van der Waals surface area contributed by atoms with Crippen molar-refractivity contribution in [2.24, 2.45) is 11.1 Å². The molecule has 1 saturated carbocycles. The molecule has 0 amide bonds. The van der Waals surface area contributed by atoms with Crippen LogP contribution in [0.5, 0.6) is 5.75 Å². The summed E-state index contributed by atoms with van der Waals surface area (Å²) in [5, 5.41) is 12.5. The summed E-state index contributed by atoms with van der Waals surface area (Å²) in [5.41, 5.74) is 4.25. The molecule has 13 heteroatoms. The van der Waals surface area contributed by atoms with E-state index in [-0.39, 0.29) is 29.1 Å². The molecular formula is C33H32F2N4O5S2. The second-order valence-electron chi connectivity index (χ2n) is 10.8. The number of ether oxygens (including phenoxy) is 2. The van der Waals surface area contributed by atoms with Crippen LogP contribution in [-0.2, 0) is 32.8 Å². The van der Waals surface area contributed by atoms with E-state index in [1.807, 2.05) is 0 Å². The minimum atomic E-state index is -2.20. The fraction of sp³-hybridized carbons (Fsp3) is 0.242. The van der Waals surface area contributed by atoms with Crippen molar-refractivity contribution >= 4 is 28.3 Å². The summed E-state index contributed by atoms with van der Waals surface area (Å²) in [6.45, 7) is 1.93. The number of esters is 1. The Bertz CT molecular complexity index is 1920. The van der Waals surface area contributed by atoms with Gasteiger partial charge in [0.15, 0.2) is 21.6 Å². The number of benzene rings is 3. The van der Waals surface area contributed by atoms with Crippen LogP contribution in [0.4, 0.5) is 8.78 Å². The Balaban J connectivity index is 0.00000417. The van der Waals surface area contributed by atoms with Gasteiger partial charge in [0, 0.05) is 34.6 Å². The average Bonchev–Trinajstić information content (AvgIpc) is 3.59. The molecule has 0 saturated heterocycles. The van der Waals surface area contributed by atoms with E-state index in [4.69, 9.17) is 19.7 Å². The van der Waals surface area contributed by atoms with Gasteiger partial charge in [-0.15, -0.1) is 16.5 Å². The smallest absolute Gasteiger partial charge is 0.357 e. The lowest BCUT2D eigenvalue weighted by Gasteiger charge is -2.13. The SMILES string of the molecule is CCOC(=O)c1csc(-n2nc(CC3CC3)c(Cc3ccc([SH+](N)=O)cc3F)c2-c2ccc(F)c(-c3cccc(OC)c3)c2)n1.[OH-]. The number of thiazole rings is 1. The minimum Gasteiger partial charge on any atom is -0.870 e. The van der Waals surface area contributed by atoms with Crippen molar-refractivity contribution in [2.45, 2.75) is 37.5 Å². The molecule has 0 radical (unpaired) electrons. The zero-order chi connectivity index (χ0) is 31.7. The van der Waals surface area contributed by atoms with Crippen molar-refractivity contribution in [3.8, 4) is 33.3 Å². The Morgan fingerprint density at radius 3 is 2.59 bits per heavy atom. The zero-order valence-electron chi connectivity index (χ0n) is 25.1. The van der Waals surface area contributed by atoms with Crippen molar-refractivity contribution in [2.75, 3.05) is 13.7 Å². The highest BCUT2D eigenvalue weighted by atomic mass is 32.2. The maximum Gasteiger partial charge on any atom is 0.357 e. The minimum absolute atomic E-state index is 0. The molecule has 1 aliphatic rings. The number of aromatic nitrogens is 3. The fourth-order valence-electron chi connectivity index (χ4n) is 5.23. The number of hydrogen-bond acceptors (Lipinski definition) is 8. The van der Waals surface area contributed by atoms with Gasteiger partial charge in [-0.2, -0.15) is 5.10 Å². The third-order valence-electron chi connectivity index (χ3n) is 7.68. The van der Waals surface area contributed by atoms with Crippen LogP contribution in [0.2, 0.25) is 0 Å². The fourth-order valence-corrected chi connectivity index (χ4v) is 6.44. The molecule has 3 N–H and O–H groups in total. The monoisotopic (exact) mass is 666 g/mol. The summed E-state index contributed by atoms with van der Waals surface area (Å²) in [6.07, 6.45) is 2.96. The molecule has 46 heavy (non-hydrogen) atoms. The van der Waals surface area contributed by atoms with Crippen molar-refractivity contribution < 1.29 is 32.7 Å². The van der Waals surface area contributed by atoms with Gasteiger partial charge in [-0.05, 0) is 79.6 Å². The maximum atomic E-state index is 15.4. The largest absolute Gasteiger partial charge is 0.870 e. The number of nitrogens with zero attached hydrogens (tertiary/aromatic N) is 3. The lowest BCUT2D eigenvalue weighted by molar-refractivity contribution is 0.0520. The zero-order valence-corrected chi connectivity index (χ0v) is 26.8. The lowest BCUT2D eigenvalue weighted by atomic mass is 9.94. The van der Waals surface area contributed by atoms with E-state index < -0.39 is 28.6 Å². The summed E-state index contributed by atoms with van der Waals surface area (Å²) in [7, 11) is -0.646. The molecule has 0 aliphatic heterocycles. The molecule has 0 bridgehead atoms. The molecular weight excluding hydrogens is 635 g/mol. The molecule has 6 rings (SSSR count). The molecule has 1 unspecified atom stereocenters. The van der Waals surface area contributed by atoms with Crippen LogP contribution in [0.25, 0.3) is 27.5 Å². The van der Waals surface area contributed by atoms with Gasteiger partial charge in [0.25, 0.3) is 0 Å². The molecule has 240 valence electrons. The number of rotatable bonds is 11. The van der Waals surface area contributed by atoms with Crippen LogP contribution in [-0.4, -0.2) is 39.9 Å². The Kier molecular flexibility index (Phi) is 10.1. The Morgan fingerprint density at radius 1 is 1.09 bits per heavy atom. The first kappa shape index (κ1) is 33.1. The standard InChI is InChI=1S/C33H30F2N4O4S2.H2O/c1-3-43-32(40)30-18-44-33(37-30)39-31(22-10-12-27(34)25(16-22)20-5-4-6-23(14-20)42-2)26(29(38-39)13-19-7-8-19)15-21-9-11-24(45(36)41)17-28(21)35;/h4-6,9-12,14,16-19H,3,7-8,13,15H2,1-2H3,(H2,36,41);1H2. The van der Waals surface area contributed by atoms with Crippen molar-refractivity contribution in [1.29, 1.82) is 0 Å². The van der Waals surface area contributed by atoms with E-state index in [0.29, 0.717) is 51.2 Å². The van der Waals surface area contributed by atoms with Crippen LogP contribution in [0.15, 0.2) is 70.9 Å². The van der Waals surface area contributed by atoms with E-state index in [2.05, 4.69) is 4.98 Å². The first-order chi connectivity index (χ1) is 21.7. The van der Waals surface area contributed by atoms with Crippen LogP contribution in [0.3, 0.4) is 0 Å². The van der Waals surface area contributed by atoms with E-state index in [1.54, 1.807) is 72.6 Å². The number of carbonyl (C=O) groups excluding carboxylic acids is 1. The molecule has 9 nitrogen and oxygen atoms in total. The van der Waals surface area contributed by atoms with Gasteiger partial charge in [-0.1, -0.05) is 22.4 Å². The summed E-state index contributed by atoms with van der Waals surface area (Å²) in [4.78, 5) is 17.2. The van der Waals surface area contributed by atoms with Crippen LogP contribution in [0.1, 0.15) is 47.1 Å². The second-order valence-corrected chi connectivity index (χ2v) is 12.8. The van der Waals surface area contributed by atoms with Gasteiger partial charge < -0.3 is 14.9 Å². The predicted molar refractivity (Wildman–Crippen MR) is 172 cm³/mol. The Morgan fingerprint density at radius 2 is 1.89 bits per heavy atom. The average molecular weight is 667 g/mol. The summed E-state index contributed by atoms with van der Waals surface area (Å²) in [6, 6.07) is 16.3. The summed E-state index contributed by atoms with van der Waals surface area (Å²) < 4.78 is 54.8. The van der Waals surface area contributed by atoms with E-state index in [9.17, 15) is 9.00 Å². The lowest BCUT2D eigenvalue weighted by Crippen LogP contribution is -2.06. The topological polar surface area (TPSA) is 139 Å². The summed E-state index contributed by atoms with van der Waals surface area (Å²) in [5.74, 6) is -0.473. The molecule has 0 spiro atoms. The Hall–Kier alpha value is -4.30. The van der Waals surface area contributed by atoms with E-state index in [0.717, 1.165) is 24.1 Å². The maximum absolute atomic E-state index is 15.4. The van der Waals surface area contributed by atoms with E-state index >= 15 is 8.78 Å². The normalized spacial score (nSPS) is 13.2. The molecule has 5 aromatic rings. The van der Waals surface area contributed by atoms with Gasteiger partial charge in [-0.25, -0.2) is 23.2 Å². The van der Waals surface area contributed by atoms with Crippen molar-refractivity contribution in [3.05, 3.63) is 100 Å².